The summed E-state index contributed by atoms with van der Waals surface area (Å²) in [6.07, 6.45) is 0. The molecule has 0 amide bonds. The Hall–Kier alpha value is -3.87. The minimum absolute atomic E-state index is 0.0802. The van der Waals surface area contributed by atoms with E-state index < -0.39 is 5.97 Å². The molecular formula is C19H15N3O4. The molecule has 7 heteroatoms. The summed E-state index contributed by atoms with van der Waals surface area (Å²) in [5, 5.41) is 25.5. The summed E-state index contributed by atoms with van der Waals surface area (Å²) in [6, 6.07) is 22.2. The number of fused-ring (bicyclic) bond motifs is 1. The minimum atomic E-state index is -0.565. The van der Waals surface area contributed by atoms with E-state index in [4.69, 9.17) is 9.94 Å². The van der Waals surface area contributed by atoms with Gasteiger partial charge in [-0.25, -0.2) is 4.79 Å². The van der Waals surface area contributed by atoms with Crippen LogP contribution in [0.2, 0.25) is 0 Å². The fourth-order valence-corrected chi connectivity index (χ4v) is 2.15. The maximum Gasteiger partial charge on any atom is 0.347 e. The molecule has 0 fully saturated rings. The van der Waals surface area contributed by atoms with E-state index in [0.29, 0.717) is 16.8 Å². The molecule has 1 aromatic heterocycles. The fourth-order valence-electron chi connectivity index (χ4n) is 2.15. The van der Waals surface area contributed by atoms with E-state index >= 15 is 0 Å². The lowest BCUT2D eigenvalue weighted by atomic mass is 10.2. The number of carbonyl (C=O) groups excluding carboxylic acids is 1. The third-order valence-corrected chi connectivity index (χ3v) is 3.41. The Kier molecular flexibility index (Phi) is 5.09. The number of hydrogen-bond donors (Lipinski definition) is 2. The predicted octanol–water partition coefficient (Wildman–Crippen LogP) is 3.28. The number of phenolic OH excluding ortho intramolecular Hbond substituents is 1. The monoisotopic (exact) mass is 349 g/mol. The van der Waals surface area contributed by atoms with Crippen molar-refractivity contribution in [2.24, 2.45) is 0 Å². The summed E-state index contributed by atoms with van der Waals surface area (Å²) in [4.78, 5) is 12.4. The Labute approximate surface area is 148 Å². The van der Waals surface area contributed by atoms with Crippen LogP contribution in [-0.2, 0) is 0 Å². The van der Waals surface area contributed by atoms with Crippen molar-refractivity contribution < 1.29 is 19.8 Å². The summed E-state index contributed by atoms with van der Waals surface area (Å²) in [7, 11) is 0. The van der Waals surface area contributed by atoms with Crippen molar-refractivity contribution in [1.29, 1.82) is 0 Å². The van der Waals surface area contributed by atoms with Crippen molar-refractivity contribution in [1.82, 2.24) is 15.2 Å². The summed E-state index contributed by atoms with van der Waals surface area (Å²) >= 11 is 0. The van der Waals surface area contributed by atoms with Gasteiger partial charge in [0.25, 0.3) is 0 Å². The van der Waals surface area contributed by atoms with Crippen LogP contribution in [0.15, 0.2) is 78.9 Å². The number of hydrogen-bond acceptors (Lipinski definition) is 6. The standard InChI is InChI=1S/C13H10O3.C6H5N3O/c14-12-9-5-4-8-11(12)13(15)16-10-6-2-1-3-7-10;10-9-6-4-2-1-3-5(6)7-8-9/h1-9,14H;1-4,10H. The lowest BCUT2D eigenvalue weighted by molar-refractivity contribution is 0.0731. The number of phenols is 1. The van der Waals surface area contributed by atoms with E-state index in [1.807, 2.05) is 18.2 Å². The molecule has 0 unspecified atom stereocenters. The van der Waals surface area contributed by atoms with Gasteiger partial charge < -0.3 is 15.1 Å². The molecule has 26 heavy (non-hydrogen) atoms. The van der Waals surface area contributed by atoms with Gasteiger partial charge in [-0.15, -0.1) is 5.10 Å². The number of benzene rings is 3. The highest BCUT2D eigenvalue weighted by Gasteiger charge is 2.12. The van der Waals surface area contributed by atoms with Crippen LogP contribution in [0, 0.1) is 0 Å². The molecule has 0 aliphatic heterocycles. The second-order valence-corrected chi connectivity index (χ2v) is 5.19. The smallest absolute Gasteiger partial charge is 0.347 e. The zero-order valence-corrected chi connectivity index (χ0v) is 13.6. The molecule has 3 aromatic carbocycles. The number of carbonyl (C=O) groups is 1. The minimum Gasteiger partial charge on any atom is -0.507 e. The maximum absolute atomic E-state index is 11.7. The van der Waals surface area contributed by atoms with E-state index in [1.165, 1.54) is 12.1 Å². The van der Waals surface area contributed by atoms with Gasteiger partial charge in [-0.3, -0.25) is 0 Å². The Bertz CT molecular complexity index is 1020. The molecule has 0 aliphatic carbocycles. The molecule has 4 rings (SSSR count). The highest BCUT2D eigenvalue weighted by molar-refractivity contribution is 5.93. The van der Waals surface area contributed by atoms with Gasteiger partial charge in [0, 0.05) is 0 Å². The first kappa shape index (κ1) is 17.0. The van der Waals surface area contributed by atoms with Crippen molar-refractivity contribution >= 4 is 17.0 Å². The van der Waals surface area contributed by atoms with Crippen molar-refractivity contribution in [3.05, 3.63) is 84.4 Å². The highest BCUT2D eigenvalue weighted by Crippen LogP contribution is 2.18. The molecule has 2 N–H and O–H groups in total. The fraction of sp³-hybridized carbons (Fsp3) is 0. The number of esters is 1. The third-order valence-electron chi connectivity index (χ3n) is 3.41. The van der Waals surface area contributed by atoms with Crippen LogP contribution in [0.1, 0.15) is 10.4 Å². The topological polar surface area (TPSA) is 97.5 Å². The summed E-state index contributed by atoms with van der Waals surface area (Å²) in [6.45, 7) is 0. The van der Waals surface area contributed by atoms with E-state index in [1.54, 1.807) is 48.5 Å². The Morgan fingerprint density at radius 2 is 1.54 bits per heavy atom. The van der Waals surface area contributed by atoms with Gasteiger partial charge >= 0.3 is 5.97 Å². The first-order chi connectivity index (χ1) is 12.6. The predicted molar refractivity (Wildman–Crippen MR) is 94.2 cm³/mol. The molecule has 0 spiro atoms. The summed E-state index contributed by atoms with van der Waals surface area (Å²) < 4.78 is 5.08. The SMILES string of the molecule is O=C(Oc1ccccc1)c1ccccc1O.On1nnc2ccccc21. The lowest BCUT2D eigenvalue weighted by Crippen LogP contribution is -2.08. The van der Waals surface area contributed by atoms with Crippen LogP contribution in [0.3, 0.4) is 0 Å². The third kappa shape index (κ3) is 3.96. The quantitative estimate of drug-likeness (QED) is 0.327. The van der Waals surface area contributed by atoms with Gasteiger partial charge in [0.05, 0.1) is 0 Å². The molecule has 0 saturated carbocycles. The zero-order chi connectivity index (χ0) is 18.4. The number of nitrogens with zero attached hydrogens (tertiary/aromatic N) is 3. The molecule has 0 radical (unpaired) electrons. The van der Waals surface area contributed by atoms with Gasteiger partial charge in [0.15, 0.2) is 0 Å². The second-order valence-electron chi connectivity index (χ2n) is 5.19. The largest absolute Gasteiger partial charge is 0.507 e. The first-order valence-corrected chi connectivity index (χ1v) is 7.70. The first-order valence-electron chi connectivity index (χ1n) is 7.70. The van der Waals surface area contributed by atoms with Crippen LogP contribution in [-0.4, -0.2) is 31.4 Å². The zero-order valence-electron chi connectivity index (χ0n) is 13.6. The molecule has 0 saturated heterocycles. The van der Waals surface area contributed by atoms with E-state index in [0.717, 1.165) is 4.85 Å². The molecule has 7 nitrogen and oxygen atoms in total. The molecule has 4 aromatic rings. The normalized spacial score (nSPS) is 10.0. The molecule has 0 bridgehead atoms. The number of ether oxygens (including phenoxy) is 1. The van der Waals surface area contributed by atoms with E-state index in [-0.39, 0.29) is 11.3 Å². The molecule has 0 atom stereocenters. The van der Waals surface area contributed by atoms with Gasteiger partial charge in [0.2, 0.25) is 0 Å². The summed E-state index contributed by atoms with van der Waals surface area (Å²) in [5.41, 5.74) is 1.49. The highest BCUT2D eigenvalue weighted by atomic mass is 16.5. The lowest BCUT2D eigenvalue weighted by Gasteiger charge is -2.04. The van der Waals surface area contributed by atoms with Gasteiger partial charge in [-0.2, -0.15) is 0 Å². The van der Waals surface area contributed by atoms with Crippen molar-refractivity contribution in [2.45, 2.75) is 0 Å². The number of rotatable bonds is 2. The Balaban J connectivity index is 0.000000167. The van der Waals surface area contributed by atoms with Crippen molar-refractivity contribution in [3.8, 4) is 11.5 Å². The number of aromatic hydroxyl groups is 1. The Morgan fingerprint density at radius 3 is 2.27 bits per heavy atom. The van der Waals surface area contributed by atoms with Crippen LogP contribution >= 0.6 is 0 Å². The van der Waals surface area contributed by atoms with Gasteiger partial charge in [-0.1, -0.05) is 47.3 Å². The van der Waals surface area contributed by atoms with Crippen LogP contribution < -0.4 is 4.74 Å². The second kappa shape index (κ2) is 7.80. The average Bonchev–Trinajstić information content (AvgIpc) is 3.05. The van der Waals surface area contributed by atoms with Crippen LogP contribution in [0.4, 0.5) is 0 Å². The molecule has 1 heterocycles. The average molecular weight is 349 g/mol. The molecule has 0 aliphatic rings. The van der Waals surface area contributed by atoms with E-state index in [2.05, 4.69) is 10.3 Å². The summed E-state index contributed by atoms with van der Waals surface area (Å²) in [5.74, 6) is -0.191. The van der Waals surface area contributed by atoms with Crippen molar-refractivity contribution in [2.75, 3.05) is 0 Å². The number of para-hydroxylation sites is 3. The van der Waals surface area contributed by atoms with Gasteiger partial charge in [0.1, 0.15) is 28.1 Å². The number of aromatic nitrogens is 3. The Morgan fingerprint density at radius 1 is 0.885 bits per heavy atom. The van der Waals surface area contributed by atoms with Crippen LogP contribution in [0.5, 0.6) is 11.5 Å². The molecule has 130 valence electrons. The van der Waals surface area contributed by atoms with Crippen LogP contribution in [0.25, 0.3) is 11.0 Å². The molecular weight excluding hydrogens is 334 g/mol. The van der Waals surface area contributed by atoms with E-state index in [9.17, 15) is 9.90 Å². The maximum atomic E-state index is 11.7. The van der Waals surface area contributed by atoms with Crippen molar-refractivity contribution in [3.63, 3.8) is 0 Å². The van der Waals surface area contributed by atoms with Gasteiger partial charge in [-0.05, 0) is 41.6 Å².